The first-order valence-electron chi connectivity index (χ1n) is 9.13. The molecular formula is C20H24BrN3O2S. The maximum absolute atomic E-state index is 11.5. The molecular weight excluding hydrogens is 426 g/mol. The van der Waals surface area contributed by atoms with Gasteiger partial charge in [-0.25, -0.2) is 0 Å². The van der Waals surface area contributed by atoms with E-state index in [0.29, 0.717) is 4.90 Å². The van der Waals surface area contributed by atoms with E-state index in [1.807, 2.05) is 36.4 Å². The van der Waals surface area contributed by atoms with E-state index in [1.54, 1.807) is 6.07 Å². The molecule has 1 heterocycles. The minimum Gasteiger partial charge on any atom is -0.304 e. The molecule has 2 aromatic carbocycles. The highest BCUT2D eigenvalue weighted by Crippen LogP contribution is 2.36. The summed E-state index contributed by atoms with van der Waals surface area (Å²) in [6, 6.07) is 13.5. The molecule has 2 aromatic rings. The molecule has 1 aliphatic heterocycles. The van der Waals surface area contributed by atoms with Crippen LogP contribution in [0.2, 0.25) is 0 Å². The molecule has 27 heavy (non-hydrogen) atoms. The van der Waals surface area contributed by atoms with Gasteiger partial charge in [0.25, 0.3) is 5.69 Å². The van der Waals surface area contributed by atoms with Crippen molar-refractivity contribution >= 4 is 33.4 Å². The Morgan fingerprint density at radius 3 is 2.48 bits per heavy atom. The van der Waals surface area contributed by atoms with Crippen LogP contribution in [0.25, 0.3) is 0 Å². The van der Waals surface area contributed by atoms with Crippen molar-refractivity contribution in [2.45, 2.75) is 22.6 Å². The molecule has 3 rings (SSSR count). The predicted molar refractivity (Wildman–Crippen MR) is 114 cm³/mol. The number of hydrogen-bond acceptors (Lipinski definition) is 5. The molecule has 0 N–H and O–H groups in total. The van der Waals surface area contributed by atoms with E-state index < -0.39 is 0 Å². The Kier molecular flexibility index (Phi) is 7.29. The van der Waals surface area contributed by atoms with Crippen molar-refractivity contribution in [3.63, 3.8) is 0 Å². The maximum atomic E-state index is 11.5. The van der Waals surface area contributed by atoms with Gasteiger partial charge < -0.3 is 9.80 Å². The standard InChI is InChI=1S/C20H24BrN3O2S/c1-22-11-13-23(14-12-22)10-2-3-16-4-9-20(19(15-16)24(25)26)27-18-7-5-17(21)6-8-18/h4-9,15H,2-3,10-14H2,1H3. The lowest BCUT2D eigenvalue weighted by Crippen LogP contribution is -2.44. The van der Waals surface area contributed by atoms with Crippen molar-refractivity contribution in [3.8, 4) is 0 Å². The molecule has 0 bridgehead atoms. The second kappa shape index (κ2) is 9.68. The van der Waals surface area contributed by atoms with Gasteiger partial charge in [-0.05, 0) is 62.3 Å². The maximum Gasteiger partial charge on any atom is 0.283 e. The van der Waals surface area contributed by atoms with Gasteiger partial charge in [0.2, 0.25) is 0 Å². The molecule has 144 valence electrons. The fraction of sp³-hybridized carbons (Fsp3) is 0.400. The lowest BCUT2D eigenvalue weighted by atomic mass is 10.1. The fourth-order valence-corrected chi connectivity index (χ4v) is 4.32. The van der Waals surface area contributed by atoms with Gasteiger partial charge in [0, 0.05) is 41.6 Å². The Morgan fingerprint density at radius 1 is 1.11 bits per heavy atom. The summed E-state index contributed by atoms with van der Waals surface area (Å²) in [5.41, 5.74) is 1.23. The monoisotopic (exact) mass is 449 g/mol. The van der Waals surface area contributed by atoms with Gasteiger partial charge in [-0.3, -0.25) is 10.1 Å². The fourth-order valence-electron chi connectivity index (χ4n) is 3.16. The Morgan fingerprint density at radius 2 is 1.81 bits per heavy atom. The van der Waals surface area contributed by atoms with Crippen LogP contribution in [0, 0.1) is 10.1 Å². The lowest BCUT2D eigenvalue weighted by molar-refractivity contribution is -0.387. The lowest BCUT2D eigenvalue weighted by Gasteiger charge is -2.32. The van der Waals surface area contributed by atoms with Crippen molar-refractivity contribution in [2.24, 2.45) is 0 Å². The van der Waals surface area contributed by atoms with E-state index in [1.165, 1.54) is 11.8 Å². The third-order valence-corrected chi connectivity index (χ3v) is 6.40. The third kappa shape index (κ3) is 6.04. The summed E-state index contributed by atoms with van der Waals surface area (Å²) in [6.45, 7) is 5.51. The number of aryl methyl sites for hydroxylation is 1. The van der Waals surface area contributed by atoms with Crippen LogP contribution in [-0.2, 0) is 6.42 Å². The van der Waals surface area contributed by atoms with Gasteiger partial charge in [-0.2, -0.15) is 0 Å². The first-order chi connectivity index (χ1) is 13.0. The minimum absolute atomic E-state index is 0.194. The second-order valence-corrected chi connectivity index (χ2v) is 8.89. The molecule has 0 spiro atoms. The molecule has 1 fully saturated rings. The Labute approximate surface area is 173 Å². The van der Waals surface area contributed by atoms with E-state index in [9.17, 15) is 10.1 Å². The number of halogens is 1. The van der Waals surface area contributed by atoms with Gasteiger partial charge in [0.05, 0.1) is 9.82 Å². The average Bonchev–Trinajstić information content (AvgIpc) is 2.66. The molecule has 0 aliphatic carbocycles. The summed E-state index contributed by atoms with van der Waals surface area (Å²) < 4.78 is 0.997. The summed E-state index contributed by atoms with van der Waals surface area (Å²) >= 11 is 4.84. The van der Waals surface area contributed by atoms with E-state index in [0.717, 1.165) is 60.5 Å². The molecule has 1 aliphatic rings. The normalized spacial score (nSPS) is 15.8. The predicted octanol–water partition coefficient (Wildman–Crippen LogP) is 4.69. The van der Waals surface area contributed by atoms with E-state index in [4.69, 9.17) is 0 Å². The highest BCUT2D eigenvalue weighted by atomic mass is 79.9. The van der Waals surface area contributed by atoms with Crippen molar-refractivity contribution in [2.75, 3.05) is 39.8 Å². The number of nitro benzene ring substituents is 1. The van der Waals surface area contributed by atoms with Gasteiger partial charge >= 0.3 is 0 Å². The quantitative estimate of drug-likeness (QED) is 0.453. The second-order valence-electron chi connectivity index (χ2n) is 6.86. The van der Waals surface area contributed by atoms with Crippen molar-refractivity contribution < 1.29 is 4.92 Å². The van der Waals surface area contributed by atoms with Crippen molar-refractivity contribution in [1.82, 2.24) is 9.80 Å². The molecule has 0 atom stereocenters. The zero-order valence-electron chi connectivity index (χ0n) is 15.4. The molecule has 5 nitrogen and oxygen atoms in total. The Hall–Kier alpha value is -1.41. The summed E-state index contributed by atoms with van der Waals surface area (Å²) in [4.78, 5) is 17.8. The zero-order chi connectivity index (χ0) is 19.2. The average molecular weight is 450 g/mol. The molecule has 1 saturated heterocycles. The number of hydrogen-bond donors (Lipinski definition) is 0. The summed E-state index contributed by atoms with van der Waals surface area (Å²) in [6.07, 6.45) is 1.90. The van der Waals surface area contributed by atoms with Crippen LogP contribution in [0.4, 0.5) is 5.69 Å². The van der Waals surface area contributed by atoms with E-state index in [-0.39, 0.29) is 10.6 Å². The number of likely N-dealkylation sites (N-methyl/N-ethyl adjacent to an activating group) is 1. The highest BCUT2D eigenvalue weighted by Gasteiger charge is 2.17. The van der Waals surface area contributed by atoms with Crippen molar-refractivity contribution in [3.05, 3.63) is 62.6 Å². The van der Waals surface area contributed by atoms with Gasteiger partial charge in [-0.1, -0.05) is 33.8 Å². The minimum atomic E-state index is -0.273. The molecule has 0 radical (unpaired) electrons. The van der Waals surface area contributed by atoms with E-state index in [2.05, 4.69) is 32.8 Å². The molecule has 0 saturated carbocycles. The topological polar surface area (TPSA) is 49.6 Å². The number of benzene rings is 2. The molecule has 0 amide bonds. The van der Waals surface area contributed by atoms with Gasteiger partial charge in [-0.15, -0.1) is 0 Å². The largest absolute Gasteiger partial charge is 0.304 e. The van der Waals surface area contributed by atoms with Crippen LogP contribution in [0.3, 0.4) is 0 Å². The molecule has 0 aromatic heterocycles. The van der Waals surface area contributed by atoms with Crippen LogP contribution in [0.1, 0.15) is 12.0 Å². The zero-order valence-corrected chi connectivity index (χ0v) is 17.8. The van der Waals surface area contributed by atoms with Crippen LogP contribution < -0.4 is 0 Å². The first kappa shape index (κ1) is 20.3. The van der Waals surface area contributed by atoms with Crippen LogP contribution in [0.15, 0.2) is 56.7 Å². The van der Waals surface area contributed by atoms with Crippen LogP contribution in [-0.4, -0.2) is 54.5 Å². The number of rotatable bonds is 7. The molecule has 7 heteroatoms. The SMILES string of the molecule is CN1CCN(CCCc2ccc(Sc3ccc(Br)cc3)c([N+](=O)[O-])c2)CC1. The summed E-state index contributed by atoms with van der Waals surface area (Å²) in [5.74, 6) is 0. The number of nitro groups is 1. The van der Waals surface area contributed by atoms with E-state index >= 15 is 0 Å². The van der Waals surface area contributed by atoms with Crippen molar-refractivity contribution in [1.29, 1.82) is 0 Å². The van der Waals surface area contributed by atoms with Crippen LogP contribution in [0.5, 0.6) is 0 Å². The highest BCUT2D eigenvalue weighted by molar-refractivity contribution is 9.10. The third-order valence-electron chi connectivity index (χ3n) is 4.80. The van der Waals surface area contributed by atoms with Crippen LogP contribution >= 0.6 is 27.7 Å². The van der Waals surface area contributed by atoms with Gasteiger partial charge in [0.1, 0.15) is 0 Å². The first-order valence-corrected chi connectivity index (χ1v) is 10.7. The smallest absolute Gasteiger partial charge is 0.283 e. The number of piperazine rings is 1. The van der Waals surface area contributed by atoms with Gasteiger partial charge in [0.15, 0.2) is 0 Å². The Balaban J connectivity index is 1.61. The summed E-state index contributed by atoms with van der Waals surface area (Å²) in [7, 11) is 2.16. The number of nitrogens with zero attached hydrogens (tertiary/aromatic N) is 3. The summed E-state index contributed by atoms with van der Waals surface area (Å²) in [5, 5.41) is 11.5. The Bertz CT molecular complexity index is 777. The molecule has 0 unspecified atom stereocenters.